The first-order chi connectivity index (χ1) is 11.5. The van der Waals surface area contributed by atoms with E-state index in [-0.39, 0.29) is 5.91 Å². The Labute approximate surface area is 141 Å². The van der Waals surface area contributed by atoms with Crippen LogP contribution in [0, 0.1) is 6.92 Å². The second-order valence-electron chi connectivity index (χ2n) is 6.21. The third kappa shape index (κ3) is 2.80. The van der Waals surface area contributed by atoms with Crippen molar-refractivity contribution in [3.8, 4) is 0 Å². The van der Waals surface area contributed by atoms with E-state index in [1.807, 2.05) is 37.3 Å². The standard InChI is InChI=1S/C20H21NO3/c1-3-6-14-11-15(17-8-5-4-7-16(17)13(14)2)12-21-18(20(23)24)9-10-19(21)22/h3-8,11,18H,9-10,12H2,1-2H3,(H,23,24). The summed E-state index contributed by atoms with van der Waals surface area (Å²) >= 11 is 0. The molecular weight excluding hydrogens is 302 g/mol. The van der Waals surface area contributed by atoms with Crippen LogP contribution in [-0.4, -0.2) is 27.9 Å². The molecule has 0 saturated carbocycles. The number of fused-ring (bicyclic) bond motifs is 1. The summed E-state index contributed by atoms with van der Waals surface area (Å²) in [5, 5.41) is 11.6. The highest BCUT2D eigenvalue weighted by atomic mass is 16.4. The number of likely N-dealkylation sites (tertiary alicyclic amines) is 1. The van der Waals surface area contributed by atoms with Gasteiger partial charge in [-0.3, -0.25) is 4.79 Å². The molecule has 2 aromatic rings. The van der Waals surface area contributed by atoms with Gasteiger partial charge in [0.05, 0.1) is 0 Å². The Kier molecular flexibility index (Phi) is 4.38. The summed E-state index contributed by atoms with van der Waals surface area (Å²) in [5.41, 5.74) is 3.28. The average molecular weight is 323 g/mol. The monoisotopic (exact) mass is 323 g/mol. The fourth-order valence-corrected chi connectivity index (χ4v) is 3.47. The molecule has 1 heterocycles. The molecule has 0 aliphatic carbocycles. The lowest BCUT2D eigenvalue weighted by Crippen LogP contribution is -2.38. The zero-order chi connectivity index (χ0) is 17.3. The molecule has 4 nitrogen and oxygen atoms in total. The summed E-state index contributed by atoms with van der Waals surface area (Å²) in [6, 6.07) is 9.43. The van der Waals surface area contributed by atoms with Gasteiger partial charge in [-0.15, -0.1) is 0 Å². The molecule has 0 aromatic heterocycles. The number of carboxylic acids is 1. The lowest BCUT2D eigenvalue weighted by molar-refractivity contribution is -0.146. The van der Waals surface area contributed by atoms with Crippen molar-refractivity contribution in [2.75, 3.05) is 0 Å². The Morgan fingerprint density at radius 2 is 2.04 bits per heavy atom. The number of nitrogens with zero attached hydrogens (tertiary/aromatic N) is 1. The van der Waals surface area contributed by atoms with Crippen LogP contribution >= 0.6 is 0 Å². The number of hydrogen-bond donors (Lipinski definition) is 1. The van der Waals surface area contributed by atoms with E-state index in [2.05, 4.69) is 19.1 Å². The Morgan fingerprint density at radius 3 is 2.71 bits per heavy atom. The number of aliphatic carboxylic acids is 1. The molecule has 124 valence electrons. The van der Waals surface area contributed by atoms with Crippen molar-refractivity contribution in [2.45, 2.75) is 39.3 Å². The summed E-state index contributed by atoms with van der Waals surface area (Å²) in [6.45, 7) is 4.39. The van der Waals surface area contributed by atoms with E-state index >= 15 is 0 Å². The smallest absolute Gasteiger partial charge is 0.326 e. The SMILES string of the molecule is CC=Cc1cc(CN2C(=O)CCC2C(=O)O)c2ccccc2c1C. The maximum absolute atomic E-state index is 12.2. The van der Waals surface area contributed by atoms with Crippen LogP contribution in [0.15, 0.2) is 36.4 Å². The zero-order valence-corrected chi connectivity index (χ0v) is 14.0. The third-order valence-corrected chi connectivity index (χ3v) is 4.74. The van der Waals surface area contributed by atoms with Crippen LogP contribution in [0.3, 0.4) is 0 Å². The van der Waals surface area contributed by atoms with Crippen LogP contribution in [0.25, 0.3) is 16.8 Å². The van der Waals surface area contributed by atoms with E-state index in [4.69, 9.17) is 0 Å². The number of carbonyl (C=O) groups is 2. The minimum atomic E-state index is -0.925. The van der Waals surface area contributed by atoms with Gasteiger partial charge in [0.25, 0.3) is 0 Å². The van der Waals surface area contributed by atoms with E-state index in [1.165, 1.54) is 10.5 Å². The number of allylic oxidation sites excluding steroid dienone is 1. The zero-order valence-electron chi connectivity index (χ0n) is 14.0. The van der Waals surface area contributed by atoms with Crippen molar-refractivity contribution in [2.24, 2.45) is 0 Å². The van der Waals surface area contributed by atoms with E-state index in [0.29, 0.717) is 19.4 Å². The number of carbonyl (C=O) groups excluding carboxylic acids is 1. The van der Waals surface area contributed by atoms with Crippen LogP contribution in [0.4, 0.5) is 0 Å². The fourth-order valence-electron chi connectivity index (χ4n) is 3.47. The molecule has 0 radical (unpaired) electrons. The molecule has 1 saturated heterocycles. The van der Waals surface area contributed by atoms with Gasteiger partial charge in [-0.2, -0.15) is 0 Å². The number of amides is 1. The van der Waals surface area contributed by atoms with Gasteiger partial charge in [0, 0.05) is 13.0 Å². The van der Waals surface area contributed by atoms with Crippen molar-refractivity contribution < 1.29 is 14.7 Å². The van der Waals surface area contributed by atoms with Gasteiger partial charge in [-0.25, -0.2) is 4.79 Å². The molecule has 24 heavy (non-hydrogen) atoms. The number of benzene rings is 2. The molecule has 3 rings (SSSR count). The van der Waals surface area contributed by atoms with Crippen LogP contribution < -0.4 is 0 Å². The lowest BCUT2D eigenvalue weighted by Gasteiger charge is -2.23. The number of rotatable bonds is 4. The molecule has 0 bridgehead atoms. The summed E-state index contributed by atoms with van der Waals surface area (Å²) in [5.74, 6) is -1.01. The number of hydrogen-bond acceptors (Lipinski definition) is 2. The molecule has 1 aliphatic heterocycles. The van der Waals surface area contributed by atoms with Gasteiger partial charge in [-0.05, 0) is 53.8 Å². The third-order valence-electron chi connectivity index (χ3n) is 4.74. The highest BCUT2D eigenvalue weighted by molar-refractivity contribution is 5.92. The van der Waals surface area contributed by atoms with Crippen LogP contribution in [0.1, 0.15) is 36.5 Å². The molecule has 1 amide bonds. The van der Waals surface area contributed by atoms with Crippen molar-refractivity contribution in [3.63, 3.8) is 0 Å². The summed E-state index contributed by atoms with van der Waals surface area (Å²) < 4.78 is 0. The second kappa shape index (κ2) is 6.48. The summed E-state index contributed by atoms with van der Waals surface area (Å²) in [7, 11) is 0. The molecule has 0 spiro atoms. The normalized spacial score (nSPS) is 18.0. The van der Waals surface area contributed by atoms with E-state index in [1.54, 1.807) is 0 Å². The van der Waals surface area contributed by atoms with Gasteiger partial charge in [0.1, 0.15) is 6.04 Å². The first-order valence-corrected chi connectivity index (χ1v) is 8.19. The molecule has 1 aliphatic rings. The fraction of sp³-hybridized carbons (Fsp3) is 0.300. The molecule has 1 unspecified atom stereocenters. The number of aryl methyl sites for hydroxylation is 1. The first-order valence-electron chi connectivity index (χ1n) is 8.19. The Bertz CT molecular complexity index is 838. The Balaban J connectivity index is 2.10. The molecular formula is C20H21NO3. The van der Waals surface area contributed by atoms with Crippen molar-refractivity contribution in [3.05, 3.63) is 53.1 Å². The Morgan fingerprint density at radius 1 is 1.33 bits per heavy atom. The molecule has 1 atom stereocenters. The maximum Gasteiger partial charge on any atom is 0.326 e. The highest BCUT2D eigenvalue weighted by Crippen LogP contribution is 2.30. The maximum atomic E-state index is 12.2. The predicted molar refractivity (Wildman–Crippen MR) is 94.6 cm³/mol. The van der Waals surface area contributed by atoms with E-state index < -0.39 is 12.0 Å². The van der Waals surface area contributed by atoms with Crippen LogP contribution in [0.5, 0.6) is 0 Å². The second-order valence-corrected chi connectivity index (χ2v) is 6.21. The lowest BCUT2D eigenvalue weighted by atomic mass is 9.94. The van der Waals surface area contributed by atoms with Crippen LogP contribution in [0.2, 0.25) is 0 Å². The average Bonchev–Trinajstić information content (AvgIpc) is 2.93. The quantitative estimate of drug-likeness (QED) is 0.932. The molecule has 2 aromatic carbocycles. The Hall–Kier alpha value is -2.62. The first kappa shape index (κ1) is 16.2. The minimum Gasteiger partial charge on any atom is -0.480 e. The largest absolute Gasteiger partial charge is 0.480 e. The van der Waals surface area contributed by atoms with Crippen molar-refractivity contribution >= 4 is 28.7 Å². The molecule has 1 fully saturated rings. The summed E-state index contributed by atoms with van der Waals surface area (Å²) in [6.07, 6.45) is 4.73. The minimum absolute atomic E-state index is 0.0837. The van der Waals surface area contributed by atoms with Crippen molar-refractivity contribution in [1.29, 1.82) is 0 Å². The van der Waals surface area contributed by atoms with E-state index in [9.17, 15) is 14.7 Å². The van der Waals surface area contributed by atoms with Crippen molar-refractivity contribution in [1.82, 2.24) is 4.90 Å². The van der Waals surface area contributed by atoms with E-state index in [0.717, 1.165) is 21.9 Å². The topological polar surface area (TPSA) is 57.6 Å². The molecule has 1 N–H and O–H groups in total. The predicted octanol–water partition coefficient (Wildman–Crippen LogP) is 3.76. The van der Waals surface area contributed by atoms with Gasteiger partial charge < -0.3 is 10.0 Å². The molecule has 4 heteroatoms. The van der Waals surface area contributed by atoms with Gasteiger partial charge >= 0.3 is 5.97 Å². The number of carboxylic acid groups (broad SMARTS) is 1. The summed E-state index contributed by atoms with van der Waals surface area (Å²) in [4.78, 5) is 25.1. The van der Waals surface area contributed by atoms with Gasteiger partial charge in [-0.1, -0.05) is 36.4 Å². The van der Waals surface area contributed by atoms with Gasteiger partial charge in [0.15, 0.2) is 0 Å². The van der Waals surface area contributed by atoms with Crippen LogP contribution in [-0.2, 0) is 16.1 Å². The van der Waals surface area contributed by atoms with Gasteiger partial charge in [0.2, 0.25) is 5.91 Å². The highest BCUT2D eigenvalue weighted by Gasteiger charge is 2.36.